The molecule has 1 heterocycles. The van der Waals surface area contributed by atoms with E-state index in [0.717, 1.165) is 16.4 Å². The van der Waals surface area contributed by atoms with E-state index in [9.17, 15) is 5.11 Å². The van der Waals surface area contributed by atoms with Gasteiger partial charge in [-0.25, -0.2) is 4.99 Å². The van der Waals surface area contributed by atoms with Crippen LogP contribution in [0.2, 0.25) is 0 Å². The summed E-state index contributed by atoms with van der Waals surface area (Å²) in [6.07, 6.45) is 0. The maximum Gasteiger partial charge on any atom is 0.176 e. The zero-order chi connectivity index (χ0) is 16.5. The molecule has 1 N–H and O–H groups in total. The van der Waals surface area contributed by atoms with Gasteiger partial charge in [0.1, 0.15) is 0 Å². The van der Waals surface area contributed by atoms with Gasteiger partial charge in [0, 0.05) is 11.1 Å². The Bertz CT molecular complexity index is 694. The Balaban J connectivity index is 2.06. The second kappa shape index (κ2) is 6.02. The van der Waals surface area contributed by atoms with Crippen molar-refractivity contribution in [2.45, 2.75) is 32.0 Å². The maximum absolute atomic E-state index is 11.4. The molecule has 1 aliphatic rings. The number of rotatable bonds is 2. The lowest BCUT2D eigenvalue weighted by Gasteiger charge is -2.43. The molecule has 3 nitrogen and oxygen atoms in total. The zero-order valence-corrected chi connectivity index (χ0v) is 14.5. The molecular weight excluding hydrogens is 304 g/mol. The van der Waals surface area contributed by atoms with E-state index in [1.54, 1.807) is 11.8 Å². The molecule has 2 aromatic rings. The summed E-state index contributed by atoms with van der Waals surface area (Å²) in [7, 11) is 0. The fourth-order valence-electron chi connectivity index (χ4n) is 2.91. The first kappa shape index (κ1) is 16.1. The summed E-state index contributed by atoms with van der Waals surface area (Å²) in [5.74, 6) is 0.569. The predicted octanol–water partition coefficient (Wildman–Crippen LogP) is 4.37. The zero-order valence-electron chi connectivity index (χ0n) is 13.7. The predicted molar refractivity (Wildman–Crippen MR) is 97.9 cm³/mol. The van der Waals surface area contributed by atoms with Crippen LogP contribution in [0.25, 0.3) is 0 Å². The molecule has 2 aromatic carbocycles. The van der Waals surface area contributed by atoms with Crippen molar-refractivity contribution in [1.82, 2.24) is 4.90 Å². The number of aliphatic imine (C=N–C) groups is 1. The van der Waals surface area contributed by atoms with Gasteiger partial charge in [-0.05, 0) is 32.9 Å². The number of hydrogen-bond donors (Lipinski definition) is 1. The molecule has 0 saturated carbocycles. The molecule has 0 aromatic heterocycles. The Morgan fingerprint density at radius 1 is 1.00 bits per heavy atom. The summed E-state index contributed by atoms with van der Waals surface area (Å²) in [5.41, 5.74) is 0.515. The second-order valence-electron chi connectivity index (χ2n) is 6.71. The highest BCUT2D eigenvalue weighted by Crippen LogP contribution is 2.44. The Labute approximate surface area is 142 Å². The van der Waals surface area contributed by atoms with Crippen molar-refractivity contribution in [3.63, 3.8) is 0 Å². The minimum atomic E-state index is -1.04. The lowest BCUT2D eigenvalue weighted by Crippen LogP contribution is -2.54. The fourth-order valence-corrected chi connectivity index (χ4v) is 4.26. The highest BCUT2D eigenvalue weighted by atomic mass is 32.2. The van der Waals surface area contributed by atoms with E-state index in [0.29, 0.717) is 5.75 Å². The molecule has 0 radical (unpaired) electrons. The summed E-state index contributed by atoms with van der Waals surface area (Å²) in [6.45, 7) is 6.31. The highest BCUT2D eigenvalue weighted by Gasteiger charge is 2.49. The van der Waals surface area contributed by atoms with Crippen molar-refractivity contribution in [3.8, 4) is 0 Å². The number of nitrogens with zero attached hydrogens (tertiary/aromatic N) is 2. The Kier molecular flexibility index (Phi) is 4.21. The van der Waals surface area contributed by atoms with E-state index in [-0.39, 0.29) is 5.54 Å². The van der Waals surface area contributed by atoms with Crippen LogP contribution in [0, 0.1) is 0 Å². The van der Waals surface area contributed by atoms with Gasteiger partial charge in [-0.1, -0.05) is 60.3 Å². The summed E-state index contributed by atoms with van der Waals surface area (Å²) in [6, 6.07) is 19.7. The van der Waals surface area contributed by atoms with Crippen LogP contribution in [0.4, 0.5) is 5.69 Å². The minimum Gasteiger partial charge on any atom is -0.366 e. The molecule has 4 heteroatoms. The quantitative estimate of drug-likeness (QED) is 0.890. The Morgan fingerprint density at radius 2 is 1.57 bits per heavy atom. The molecule has 1 fully saturated rings. The van der Waals surface area contributed by atoms with Crippen molar-refractivity contribution in [3.05, 3.63) is 66.2 Å². The highest BCUT2D eigenvalue weighted by molar-refractivity contribution is 8.14. The molecule has 120 valence electrons. The molecule has 3 rings (SSSR count). The van der Waals surface area contributed by atoms with Gasteiger partial charge in [0.05, 0.1) is 11.4 Å². The van der Waals surface area contributed by atoms with Crippen molar-refractivity contribution >= 4 is 22.6 Å². The summed E-state index contributed by atoms with van der Waals surface area (Å²) in [5, 5.41) is 12.3. The van der Waals surface area contributed by atoms with Crippen LogP contribution in [0.15, 0.2) is 65.7 Å². The third kappa shape index (κ3) is 3.14. The topological polar surface area (TPSA) is 35.8 Å². The van der Waals surface area contributed by atoms with Crippen LogP contribution >= 0.6 is 11.8 Å². The number of thioether (sulfide) groups is 1. The first-order chi connectivity index (χ1) is 10.9. The molecule has 1 saturated heterocycles. The average molecular weight is 326 g/mol. The van der Waals surface area contributed by atoms with E-state index in [4.69, 9.17) is 4.99 Å². The SMILES string of the molecule is CC(C)(C)N1C(=Nc2ccccc2)SCC1(O)c1ccccc1. The number of hydrogen-bond acceptors (Lipinski definition) is 3. The summed E-state index contributed by atoms with van der Waals surface area (Å²) in [4.78, 5) is 6.81. The molecule has 1 unspecified atom stereocenters. The summed E-state index contributed by atoms with van der Waals surface area (Å²) >= 11 is 1.60. The monoisotopic (exact) mass is 326 g/mol. The second-order valence-corrected chi connectivity index (χ2v) is 7.65. The van der Waals surface area contributed by atoms with Crippen molar-refractivity contribution in [1.29, 1.82) is 0 Å². The smallest absolute Gasteiger partial charge is 0.176 e. The van der Waals surface area contributed by atoms with Crippen molar-refractivity contribution < 1.29 is 5.11 Å². The molecule has 0 amide bonds. The molecule has 1 atom stereocenters. The number of aliphatic hydroxyl groups is 1. The number of amidine groups is 1. The van der Waals surface area contributed by atoms with Gasteiger partial charge in [0.25, 0.3) is 0 Å². The van der Waals surface area contributed by atoms with E-state index in [1.165, 1.54) is 0 Å². The number of benzene rings is 2. The van der Waals surface area contributed by atoms with Gasteiger partial charge < -0.3 is 10.0 Å². The molecule has 0 bridgehead atoms. The van der Waals surface area contributed by atoms with Gasteiger partial charge in [0.2, 0.25) is 0 Å². The van der Waals surface area contributed by atoms with Crippen LogP contribution in [0.1, 0.15) is 26.3 Å². The van der Waals surface area contributed by atoms with E-state index in [2.05, 4.69) is 20.8 Å². The first-order valence-electron chi connectivity index (χ1n) is 7.76. The van der Waals surface area contributed by atoms with Crippen LogP contribution in [-0.4, -0.2) is 26.5 Å². The number of para-hydroxylation sites is 1. The Hall–Kier alpha value is -1.78. The average Bonchev–Trinajstić information content (AvgIpc) is 2.87. The fraction of sp³-hybridized carbons (Fsp3) is 0.316. The van der Waals surface area contributed by atoms with Gasteiger partial charge in [-0.15, -0.1) is 0 Å². The van der Waals surface area contributed by atoms with Gasteiger partial charge >= 0.3 is 0 Å². The van der Waals surface area contributed by atoms with E-state index < -0.39 is 5.72 Å². The molecule has 0 aliphatic carbocycles. The largest absolute Gasteiger partial charge is 0.366 e. The maximum atomic E-state index is 11.4. The normalized spacial score (nSPS) is 23.5. The van der Waals surface area contributed by atoms with Crippen LogP contribution in [-0.2, 0) is 5.72 Å². The van der Waals surface area contributed by atoms with Crippen LogP contribution < -0.4 is 0 Å². The van der Waals surface area contributed by atoms with Crippen molar-refractivity contribution in [2.24, 2.45) is 4.99 Å². The minimum absolute atomic E-state index is 0.248. The van der Waals surface area contributed by atoms with Crippen LogP contribution in [0.3, 0.4) is 0 Å². The van der Waals surface area contributed by atoms with E-state index in [1.807, 2.05) is 65.6 Å². The lowest BCUT2D eigenvalue weighted by molar-refractivity contribution is -0.0853. The van der Waals surface area contributed by atoms with Gasteiger partial charge in [-0.2, -0.15) is 0 Å². The Morgan fingerprint density at radius 3 is 2.13 bits per heavy atom. The van der Waals surface area contributed by atoms with Crippen LogP contribution in [0.5, 0.6) is 0 Å². The molecular formula is C19H22N2OS. The lowest BCUT2D eigenvalue weighted by atomic mass is 9.97. The third-order valence-electron chi connectivity index (χ3n) is 3.85. The first-order valence-corrected chi connectivity index (χ1v) is 8.74. The van der Waals surface area contributed by atoms with E-state index >= 15 is 0 Å². The van der Waals surface area contributed by atoms with Crippen molar-refractivity contribution in [2.75, 3.05) is 5.75 Å². The van der Waals surface area contributed by atoms with Gasteiger partial charge in [-0.3, -0.25) is 0 Å². The molecule has 23 heavy (non-hydrogen) atoms. The molecule has 0 spiro atoms. The third-order valence-corrected chi connectivity index (χ3v) is 4.93. The molecule has 1 aliphatic heterocycles. The van der Waals surface area contributed by atoms with Gasteiger partial charge in [0.15, 0.2) is 10.9 Å². The summed E-state index contributed by atoms with van der Waals surface area (Å²) < 4.78 is 0. The standard InChI is InChI=1S/C19H22N2OS/c1-18(2,3)21-17(20-16-12-8-5-9-13-16)23-14-19(21,22)15-10-6-4-7-11-15/h4-13,22H,14H2,1-3H3.